The first kappa shape index (κ1) is 12.2. The summed E-state index contributed by atoms with van der Waals surface area (Å²) in [5.41, 5.74) is 2.03. The highest BCUT2D eigenvalue weighted by atomic mass is 19.1. The van der Waals surface area contributed by atoms with E-state index in [2.05, 4.69) is 4.98 Å². The molecule has 0 spiro atoms. The maximum absolute atomic E-state index is 13.7. The van der Waals surface area contributed by atoms with Crippen LogP contribution in [0.2, 0.25) is 0 Å². The molecule has 0 fully saturated rings. The molecule has 0 aliphatic carbocycles. The van der Waals surface area contributed by atoms with Crippen LogP contribution in [0.25, 0.3) is 11.3 Å². The van der Waals surface area contributed by atoms with Gasteiger partial charge in [-0.25, -0.2) is 9.18 Å². The summed E-state index contributed by atoms with van der Waals surface area (Å²) in [6.07, 6.45) is 0. The van der Waals surface area contributed by atoms with Gasteiger partial charge in [-0.2, -0.15) is 0 Å². The molecule has 4 heteroatoms. The number of aromatic nitrogens is 1. The molecule has 0 amide bonds. The van der Waals surface area contributed by atoms with Crippen LogP contribution in [0.5, 0.6) is 0 Å². The summed E-state index contributed by atoms with van der Waals surface area (Å²) in [6.45, 7) is 3.33. The standard InChI is InChI=1S/C14H12FNO2/c1-8-7-11(14(17)18)9(2)16-13(8)10-5-3-4-6-12(10)15/h3-7H,1-2H3,(H,17,18). The Bertz CT molecular complexity index is 623. The van der Waals surface area contributed by atoms with Crippen LogP contribution in [0, 0.1) is 19.7 Å². The van der Waals surface area contributed by atoms with Crippen LogP contribution in [-0.4, -0.2) is 16.1 Å². The molecule has 0 aliphatic rings. The molecule has 2 aromatic rings. The number of benzene rings is 1. The van der Waals surface area contributed by atoms with E-state index in [1.807, 2.05) is 0 Å². The van der Waals surface area contributed by atoms with Crippen LogP contribution in [0.15, 0.2) is 30.3 Å². The molecule has 0 bridgehead atoms. The van der Waals surface area contributed by atoms with Gasteiger partial charge in [0.2, 0.25) is 0 Å². The molecule has 1 aromatic heterocycles. The van der Waals surface area contributed by atoms with Crippen LogP contribution >= 0.6 is 0 Å². The molecule has 0 radical (unpaired) electrons. The van der Waals surface area contributed by atoms with Gasteiger partial charge in [0.1, 0.15) is 5.82 Å². The Morgan fingerprint density at radius 1 is 1.28 bits per heavy atom. The zero-order chi connectivity index (χ0) is 13.3. The minimum atomic E-state index is -1.02. The molecule has 0 atom stereocenters. The molecule has 1 N–H and O–H groups in total. The van der Waals surface area contributed by atoms with Crippen LogP contribution in [0.1, 0.15) is 21.6 Å². The van der Waals surface area contributed by atoms with Crippen molar-refractivity contribution >= 4 is 5.97 Å². The smallest absolute Gasteiger partial charge is 0.337 e. The van der Waals surface area contributed by atoms with Crippen molar-refractivity contribution in [3.63, 3.8) is 0 Å². The molecule has 0 saturated carbocycles. The lowest BCUT2D eigenvalue weighted by Gasteiger charge is -2.09. The second-order valence-electron chi connectivity index (χ2n) is 4.07. The molecule has 18 heavy (non-hydrogen) atoms. The van der Waals surface area contributed by atoms with Gasteiger partial charge in [0, 0.05) is 5.56 Å². The Morgan fingerprint density at radius 3 is 2.56 bits per heavy atom. The maximum Gasteiger partial charge on any atom is 0.337 e. The number of carbonyl (C=O) groups is 1. The SMILES string of the molecule is Cc1cc(C(=O)O)c(C)nc1-c1ccccc1F. The van der Waals surface area contributed by atoms with Gasteiger partial charge in [-0.3, -0.25) is 4.98 Å². The number of halogens is 1. The number of aromatic carboxylic acids is 1. The zero-order valence-electron chi connectivity index (χ0n) is 10.1. The number of aryl methyl sites for hydroxylation is 2. The number of hydrogen-bond donors (Lipinski definition) is 1. The topological polar surface area (TPSA) is 50.2 Å². The Morgan fingerprint density at radius 2 is 1.94 bits per heavy atom. The summed E-state index contributed by atoms with van der Waals surface area (Å²) in [7, 11) is 0. The van der Waals surface area contributed by atoms with Gasteiger partial charge >= 0.3 is 5.97 Å². The van der Waals surface area contributed by atoms with Gasteiger partial charge in [0.25, 0.3) is 0 Å². The quantitative estimate of drug-likeness (QED) is 0.883. The average molecular weight is 245 g/mol. The van der Waals surface area contributed by atoms with Gasteiger partial charge in [-0.05, 0) is 37.6 Å². The summed E-state index contributed by atoms with van der Waals surface area (Å²) in [5, 5.41) is 8.99. The van der Waals surface area contributed by atoms with Crippen molar-refractivity contribution < 1.29 is 14.3 Å². The van der Waals surface area contributed by atoms with Crippen molar-refractivity contribution in [2.45, 2.75) is 13.8 Å². The summed E-state index contributed by atoms with van der Waals surface area (Å²) in [5.74, 6) is -1.39. The summed E-state index contributed by atoms with van der Waals surface area (Å²) < 4.78 is 13.7. The lowest BCUT2D eigenvalue weighted by Crippen LogP contribution is -2.04. The molecule has 2 rings (SSSR count). The Kier molecular flexibility index (Phi) is 3.10. The van der Waals surface area contributed by atoms with Gasteiger partial charge in [-0.1, -0.05) is 12.1 Å². The first-order valence-corrected chi connectivity index (χ1v) is 5.47. The number of rotatable bonds is 2. The van der Waals surface area contributed by atoms with Crippen LogP contribution in [0.3, 0.4) is 0 Å². The number of carboxylic acids is 1. The average Bonchev–Trinajstić information content (AvgIpc) is 2.32. The van der Waals surface area contributed by atoms with E-state index >= 15 is 0 Å². The molecular formula is C14H12FNO2. The largest absolute Gasteiger partial charge is 0.478 e. The van der Waals surface area contributed by atoms with E-state index in [0.29, 0.717) is 22.5 Å². The van der Waals surface area contributed by atoms with E-state index in [1.54, 1.807) is 32.0 Å². The summed E-state index contributed by atoms with van der Waals surface area (Å²) in [4.78, 5) is 15.2. The third kappa shape index (κ3) is 2.09. The van der Waals surface area contributed by atoms with E-state index in [-0.39, 0.29) is 11.4 Å². The van der Waals surface area contributed by atoms with Crippen molar-refractivity contribution in [1.82, 2.24) is 4.98 Å². The van der Waals surface area contributed by atoms with Crippen LogP contribution in [-0.2, 0) is 0 Å². The Balaban J connectivity index is 2.64. The van der Waals surface area contributed by atoms with Gasteiger partial charge in [-0.15, -0.1) is 0 Å². The molecular weight excluding hydrogens is 233 g/mol. The first-order chi connectivity index (χ1) is 8.50. The molecule has 0 saturated heterocycles. The lowest BCUT2D eigenvalue weighted by atomic mass is 10.0. The normalized spacial score (nSPS) is 10.4. The third-order valence-corrected chi connectivity index (χ3v) is 2.76. The molecule has 0 aliphatic heterocycles. The van der Waals surface area contributed by atoms with Crippen LogP contribution in [0.4, 0.5) is 4.39 Å². The summed E-state index contributed by atoms with van der Waals surface area (Å²) in [6, 6.07) is 7.83. The van der Waals surface area contributed by atoms with E-state index in [1.165, 1.54) is 12.1 Å². The highest BCUT2D eigenvalue weighted by Crippen LogP contribution is 2.25. The van der Waals surface area contributed by atoms with E-state index in [4.69, 9.17) is 5.11 Å². The molecule has 1 heterocycles. The minimum Gasteiger partial charge on any atom is -0.478 e. The number of hydrogen-bond acceptors (Lipinski definition) is 2. The van der Waals surface area contributed by atoms with Crippen LogP contribution < -0.4 is 0 Å². The van der Waals surface area contributed by atoms with E-state index < -0.39 is 5.97 Å². The highest BCUT2D eigenvalue weighted by molar-refractivity contribution is 5.89. The number of nitrogens with zero attached hydrogens (tertiary/aromatic N) is 1. The highest BCUT2D eigenvalue weighted by Gasteiger charge is 2.14. The Hall–Kier alpha value is -2.23. The Labute approximate surface area is 104 Å². The van der Waals surface area contributed by atoms with Gasteiger partial charge in [0.05, 0.1) is 17.0 Å². The number of carboxylic acid groups (broad SMARTS) is 1. The van der Waals surface area contributed by atoms with Gasteiger partial charge < -0.3 is 5.11 Å². The fraction of sp³-hybridized carbons (Fsp3) is 0.143. The third-order valence-electron chi connectivity index (χ3n) is 2.76. The number of pyridine rings is 1. The van der Waals surface area contributed by atoms with E-state index in [0.717, 1.165) is 0 Å². The minimum absolute atomic E-state index is 0.146. The van der Waals surface area contributed by atoms with Gasteiger partial charge in [0.15, 0.2) is 0 Å². The zero-order valence-corrected chi connectivity index (χ0v) is 10.1. The van der Waals surface area contributed by atoms with Crippen molar-refractivity contribution in [1.29, 1.82) is 0 Å². The maximum atomic E-state index is 13.7. The van der Waals surface area contributed by atoms with Crippen molar-refractivity contribution in [3.8, 4) is 11.3 Å². The second kappa shape index (κ2) is 4.56. The first-order valence-electron chi connectivity index (χ1n) is 5.47. The summed E-state index contributed by atoms with van der Waals surface area (Å²) >= 11 is 0. The van der Waals surface area contributed by atoms with Crippen molar-refractivity contribution in [2.24, 2.45) is 0 Å². The fourth-order valence-electron chi connectivity index (χ4n) is 1.85. The molecule has 0 unspecified atom stereocenters. The molecule has 3 nitrogen and oxygen atoms in total. The van der Waals surface area contributed by atoms with E-state index in [9.17, 15) is 9.18 Å². The molecule has 92 valence electrons. The fourth-order valence-corrected chi connectivity index (χ4v) is 1.85. The van der Waals surface area contributed by atoms with Crippen molar-refractivity contribution in [2.75, 3.05) is 0 Å². The predicted octanol–water partition coefficient (Wildman–Crippen LogP) is 3.20. The monoisotopic (exact) mass is 245 g/mol. The lowest BCUT2D eigenvalue weighted by molar-refractivity contribution is 0.0695. The van der Waals surface area contributed by atoms with Crippen molar-refractivity contribution in [3.05, 3.63) is 53.0 Å². The predicted molar refractivity (Wildman–Crippen MR) is 66.1 cm³/mol. The second-order valence-corrected chi connectivity index (χ2v) is 4.07. The molecule has 1 aromatic carbocycles.